The Hall–Kier alpha value is -2.35. The Kier molecular flexibility index (Phi) is 7.09. The van der Waals surface area contributed by atoms with Crippen molar-refractivity contribution < 1.29 is 9.53 Å². The van der Waals surface area contributed by atoms with E-state index in [1.807, 2.05) is 31.2 Å². The number of allylic oxidation sites excluding steroid dienone is 1. The minimum atomic E-state index is -0.260. The lowest BCUT2D eigenvalue weighted by molar-refractivity contribution is 0.0526. The molecule has 3 rings (SSSR count). The van der Waals surface area contributed by atoms with Gasteiger partial charge in [-0.15, -0.1) is 0 Å². The number of fused-ring (bicyclic) bond motifs is 1. The molecule has 0 amide bonds. The minimum absolute atomic E-state index is 0.206. The summed E-state index contributed by atoms with van der Waals surface area (Å²) >= 11 is 0. The van der Waals surface area contributed by atoms with Crippen molar-refractivity contribution in [1.29, 1.82) is 0 Å². The van der Waals surface area contributed by atoms with Crippen LogP contribution in [0.4, 0.5) is 0 Å². The van der Waals surface area contributed by atoms with Crippen LogP contribution in [0.25, 0.3) is 11.6 Å². The van der Waals surface area contributed by atoms with E-state index in [2.05, 4.69) is 58.9 Å². The predicted octanol–water partition coefficient (Wildman–Crippen LogP) is 7.94. The Morgan fingerprint density at radius 2 is 1.52 bits per heavy atom. The van der Waals surface area contributed by atoms with E-state index in [9.17, 15) is 4.79 Å². The largest absolute Gasteiger partial charge is 0.462 e. The fourth-order valence-electron chi connectivity index (χ4n) is 4.59. The van der Waals surface area contributed by atoms with Crippen molar-refractivity contribution in [2.45, 2.75) is 84.5 Å². The minimum Gasteiger partial charge on any atom is -0.462 e. The summed E-state index contributed by atoms with van der Waals surface area (Å²) in [5, 5.41) is 0. The third-order valence-electron chi connectivity index (χ3n) is 6.79. The van der Waals surface area contributed by atoms with E-state index in [-0.39, 0.29) is 16.8 Å². The third-order valence-corrected chi connectivity index (χ3v) is 6.79. The number of hydrogen-bond donors (Lipinski definition) is 0. The molecule has 0 heterocycles. The second kappa shape index (κ2) is 9.42. The van der Waals surface area contributed by atoms with Crippen LogP contribution in [0.15, 0.2) is 42.5 Å². The molecule has 2 aromatic carbocycles. The zero-order valence-electron chi connectivity index (χ0n) is 20.2. The average Bonchev–Trinajstić information content (AvgIpc) is 2.75. The summed E-state index contributed by atoms with van der Waals surface area (Å²) in [4.78, 5) is 12.0. The molecule has 0 spiro atoms. The molecular weight excluding hydrogens is 380 g/mol. The lowest BCUT2D eigenvalue weighted by atomic mass is 9.63. The molecule has 0 saturated carbocycles. The molecule has 0 unspecified atom stereocenters. The van der Waals surface area contributed by atoms with Gasteiger partial charge in [-0.1, -0.05) is 77.4 Å². The van der Waals surface area contributed by atoms with E-state index in [1.54, 1.807) is 0 Å². The molecule has 2 nitrogen and oxygen atoms in total. The van der Waals surface area contributed by atoms with Gasteiger partial charge in [0.05, 0.1) is 12.2 Å². The first kappa shape index (κ1) is 23.3. The quantitative estimate of drug-likeness (QED) is 0.337. The molecule has 0 N–H and O–H groups in total. The molecule has 0 aromatic heterocycles. The molecule has 0 atom stereocenters. The van der Waals surface area contributed by atoms with Gasteiger partial charge in [0.15, 0.2) is 0 Å². The summed E-state index contributed by atoms with van der Waals surface area (Å²) < 4.78 is 5.11. The molecular formula is C29H38O2. The van der Waals surface area contributed by atoms with Crippen molar-refractivity contribution >= 4 is 17.6 Å². The summed E-state index contributed by atoms with van der Waals surface area (Å²) in [6.07, 6.45) is 8.13. The number of carbonyl (C=O) groups excluding carboxylic acids is 1. The van der Waals surface area contributed by atoms with Crippen LogP contribution in [-0.4, -0.2) is 12.6 Å². The Balaban J connectivity index is 1.99. The molecule has 0 radical (unpaired) electrons. The molecule has 166 valence electrons. The fourth-order valence-corrected chi connectivity index (χ4v) is 4.59. The zero-order chi connectivity index (χ0) is 22.6. The van der Waals surface area contributed by atoms with Crippen LogP contribution in [0.3, 0.4) is 0 Å². The SMILES string of the molecule is CCCC/C(=C\c1ccc(C(=O)OCC)cc1)c1ccc2c(c1)C(C)(C)CCC2(C)C. The second-order valence-corrected chi connectivity index (χ2v) is 10.1. The van der Waals surface area contributed by atoms with Gasteiger partial charge in [-0.3, -0.25) is 0 Å². The molecule has 2 heteroatoms. The van der Waals surface area contributed by atoms with Crippen molar-refractivity contribution in [1.82, 2.24) is 0 Å². The van der Waals surface area contributed by atoms with Crippen LogP contribution >= 0.6 is 0 Å². The monoisotopic (exact) mass is 418 g/mol. The van der Waals surface area contributed by atoms with Gasteiger partial charge in [0.25, 0.3) is 0 Å². The molecule has 0 fully saturated rings. The maximum atomic E-state index is 12.0. The molecule has 31 heavy (non-hydrogen) atoms. The Morgan fingerprint density at radius 3 is 2.13 bits per heavy atom. The summed E-state index contributed by atoms with van der Waals surface area (Å²) in [6.45, 7) is 14.0. The first-order chi connectivity index (χ1) is 14.7. The topological polar surface area (TPSA) is 26.3 Å². The van der Waals surface area contributed by atoms with Crippen molar-refractivity contribution in [3.05, 3.63) is 70.3 Å². The van der Waals surface area contributed by atoms with E-state index in [0.717, 1.165) is 12.0 Å². The number of esters is 1. The van der Waals surface area contributed by atoms with E-state index in [1.165, 1.54) is 47.9 Å². The number of unbranched alkanes of at least 4 members (excludes halogenated alkanes) is 1. The number of hydrogen-bond acceptors (Lipinski definition) is 2. The van der Waals surface area contributed by atoms with Gasteiger partial charge in [0.1, 0.15) is 0 Å². The highest BCUT2D eigenvalue weighted by Crippen LogP contribution is 2.46. The normalized spacial score (nSPS) is 17.2. The molecule has 0 bridgehead atoms. The Bertz CT molecular complexity index is 945. The first-order valence-electron chi connectivity index (χ1n) is 11.8. The Morgan fingerprint density at radius 1 is 0.903 bits per heavy atom. The number of ether oxygens (including phenoxy) is 1. The highest BCUT2D eigenvalue weighted by molar-refractivity contribution is 5.90. The van der Waals surface area contributed by atoms with Crippen molar-refractivity contribution in [3.63, 3.8) is 0 Å². The first-order valence-corrected chi connectivity index (χ1v) is 11.8. The van der Waals surface area contributed by atoms with Crippen molar-refractivity contribution in [2.24, 2.45) is 0 Å². The highest BCUT2D eigenvalue weighted by Gasteiger charge is 2.37. The lowest BCUT2D eigenvalue weighted by Gasteiger charge is -2.42. The maximum absolute atomic E-state index is 12.0. The van der Waals surface area contributed by atoms with E-state index < -0.39 is 0 Å². The van der Waals surface area contributed by atoms with Gasteiger partial charge >= 0.3 is 5.97 Å². The van der Waals surface area contributed by atoms with Crippen LogP contribution < -0.4 is 0 Å². The molecule has 1 aliphatic rings. The number of benzene rings is 2. The van der Waals surface area contributed by atoms with Crippen molar-refractivity contribution in [3.8, 4) is 0 Å². The van der Waals surface area contributed by atoms with Gasteiger partial charge in [-0.2, -0.15) is 0 Å². The van der Waals surface area contributed by atoms with E-state index in [4.69, 9.17) is 4.74 Å². The van der Waals surface area contributed by atoms with Gasteiger partial charge in [-0.05, 0) is 83.4 Å². The number of rotatable bonds is 7. The summed E-state index contributed by atoms with van der Waals surface area (Å²) in [5.74, 6) is -0.260. The van der Waals surface area contributed by atoms with Gasteiger partial charge in [0, 0.05) is 0 Å². The van der Waals surface area contributed by atoms with Gasteiger partial charge in [-0.25, -0.2) is 4.79 Å². The fraction of sp³-hybridized carbons (Fsp3) is 0.483. The molecule has 0 aliphatic heterocycles. The van der Waals surface area contributed by atoms with Crippen LogP contribution in [0.5, 0.6) is 0 Å². The van der Waals surface area contributed by atoms with E-state index >= 15 is 0 Å². The predicted molar refractivity (Wildman–Crippen MR) is 132 cm³/mol. The summed E-state index contributed by atoms with van der Waals surface area (Å²) in [5.41, 5.74) is 7.86. The van der Waals surface area contributed by atoms with Crippen LogP contribution in [0.2, 0.25) is 0 Å². The molecule has 1 aliphatic carbocycles. The number of carbonyl (C=O) groups is 1. The molecule has 2 aromatic rings. The Labute approximate surface area is 188 Å². The standard InChI is InChI=1S/C29H38O2/c1-7-9-10-23(19-21-11-13-22(14-12-21)27(30)31-8-2)24-15-16-25-26(20-24)29(5,6)18-17-28(25,3)4/h11-16,19-20H,7-10,17-18H2,1-6H3/b23-19+. The molecule has 0 saturated heterocycles. The second-order valence-electron chi connectivity index (χ2n) is 10.1. The lowest BCUT2D eigenvalue weighted by Crippen LogP contribution is -2.33. The van der Waals surface area contributed by atoms with Crippen LogP contribution in [0, 0.1) is 0 Å². The summed E-state index contributed by atoms with van der Waals surface area (Å²) in [6, 6.07) is 14.9. The van der Waals surface area contributed by atoms with Crippen LogP contribution in [0.1, 0.15) is 106 Å². The average molecular weight is 419 g/mol. The smallest absolute Gasteiger partial charge is 0.338 e. The zero-order valence-corrected chi connectivity index (χ0v) is 20.2. The maximum Gasteiger partial charge on any atom is 0.338 e. The third kappa shape index (κ3) is 5.29. The van der Waals surface area contributed by atoms with Crippen LogP contribution in [-0.2, 0) is 15.6 Å². The van der Waals surface area contributed by atoms with Gasteiger partial charge in [0.2, 0.25) is 0 Å². The highest BCUT2D eigenvalue weighted by atomic mass is 16.5. The summed E-state index contributed by atoms with van der Waals surface area (Å²) in [7, 11) is 0. The van der Waals surface area contributed by atoms with Gasteiger partial charge < -0.3 is 4.74 Å². The van der Waals surface area contributed by atoms with Crippen molar-refractivity contribution in [2.75, 3.05) is 6.61 Å². The van der Waals surface area contributed by atoms with E-state index in [0.29, 0.717) is 12.2 Å².